The zero-order chi connectivity index (χ0) is 10.4. The number of piperazine rings is 1. The molecule has 1 fully saturated rings. The summed E-state index contributed by atoms with van der Waals surface area (Å²) in [6.07, 6.45) is -0.0259. The lowest BCUT2D eigenvalue weighted by Gasteiger charge is -2.30. The van der Waals surface area contributed by atoms with Gasteiger partial charge in [0.25, 0.3) is 0 Å². The molecule has 0 aromatic heterocycles. The quantitative estimate of drug-likeness (QED) is 0.626. The number of ether oxygens (including phenoxy) is 2. The third-order valence-corrected chi connectivity index (χ3v) is 2.30. The first-order chi connectivity index (χ1) is 6.77. The van der Waals surface area contributed by atoms with E-state index in [1.54, 1.807) is 14.2 Å². The molecule has 1 aliphatic heterocycles. The molecule has 5 nitrogen and oxygen atoms in total. The molecule has 1 aliphatic rings. The van der Waals surface area contributed by atoms with Crippen molar-refractivity contribution in [1.82, 2.24) is 10.2 Å². The molecule has 14 heavy (non-hydrogen) atoms. The van der Waals surface area contributed by atoms with Crippen LogP contribution in [0.4, 0.5) is 0 Å². The number of hydrogen-bond acceptors (Lipinski definition) is 4. The van der Waals surface area contributed by atoms with Crippen LogP contribution in [0.1, 0.15) is 0 Å². The van der Waals surface area contributed by atoms with Gasteiger partial charge >= 0.3 is 0 Å². The summed E-state index contributed by atoms with van der Waals surface area (Å²) in [5, 5.41) is 3.02. The van der Waals surface area contributed by atoms with E-state index in [2.05, 4.69) is 5.32 Å². The van der Waals surface area contributed by atoms with Gasteiger partial charge in [0.2, 0.25) is 5.91 Å². The lowest BCUT2D eigenvalue weighted by atomic mass is 10.3. The second-order valence-corrected chi connectivity index (χ2v) is 3.33. The summed E-state index contributed by atoms with van der Waals surface area (Å²) in [6, 6.07) is 0. The van der Waals surface area contributed by atoms with Gasteiger partial charge in [0.05, 0.1) is 19.3 Å². The van der Waals surface area contributed by atoms with E-state index >= 15 is 0 Å². The number of carbonyl (C=O) groups excluding carboxylic acids is 1. The molecule has 1 N–H and O–H groups in total. The molecule has 1 rings (SSSR count). The Labute approximate surface area is 84.4 Å². The van der Waals surface area contributed by atoms with Gasteiger partial charge in [0.1, 0.15) is 0 Å². The highest BCUT2D eigenvalue weighted by molar-refractivity contribution is 5.79. The van der Waals surface area contributed by atoms with Crippen LogP contribution in [-0.2, 0) is 14.3 Å². The SMILES string of the molecule is COCC(CN1CCNCC1=O)OC. The molecule has 0 bridgehead atoms. The first-order valence-electron chi connectivity index (χ1n) is 4.78. The second-order valence-electron chi connectivity index (χ2n) is 3.33. The fraction of sp³-hybridized carbons (Fsp3) is 0.889. The van der Waals surface area contributed by atoms with Gasteiger partial charge < -0.3 is 19.7 Å². The summed E-state index contributed by atoms with van der Waals surface area (Å²) in [5.41, 5.74) is 0. The van der Waals surface area contributed by atoms with E-state index in [4.69, 9.17) is 9.47 Å². The Morgan fingerprint density at radius 1 is 1.57 bits per heavy atom. The number of hydrogen-bond donors (Lipinski definition) is 1. The van der Waals surface area contributed by atoms with Crippen LogP contribution in [0.3, 0.4) is 0 Å². The van der Waals surface area contributed by atoms with Crippen molar-refractivity contribution in [2.75, 3.05) is 47.0 Å². The van der Waals surface area contributed by atoms with Crippen LogP contribution in [0.15, 0.2) is 0 Å². The van der Waals surface area contributed by atoms with Crippen molar-refractivity contribution >= 4 is 5.91 Å². The number of rotatable bonds is 5. The van der Waals surface area contributed by atoms with Crippen molar-refractivity contribution in [3.05, 3.63) is 0 Å². The van der Waals surface area contributed by atoms with Crippen LogP contribution in [0.5, 0.6) is 0 Å². The van der Waals surface area contributed by atoms with Crippen molar-refractivity contribution in [3.8, 4) is 0 Å². The van der Waals surface area contributed by atoms with Crippen LogP contribution < -0.4 is 5.32 Å². The van der Waals surface area contributed by atoms with Crippen molar-refractivity contribution in [2.45, 2.75) is 6.10 Å². The van der Waals surface area contributed by atoms with Crippen LogP contribution >= 0.6 is 0 Å². The molecule has 1 saturated heterocycles. The molecule has 0 radical (unpaired) electrons. The Bertz CT molecular complexity index is 187. The van der Waals surface area contributed by atoms with Gasteiger partial charge in [-0.1, -0.05) is 0 Å². The molecule has 1 unspecified atom stereocenters. The average Bonchev–Trinajstić information content (AvgIpc) is 2.20. The second kappa shape index (κ2) is 5.95. The standard InChI is InChI=1S/C9H18N2O3/c1-13-7-8(14-2)6-11-4-3-10-5-9(11)12/h8,10H,3-7H2,1-2H3. The topological polar surface area (TPSA) is 50.8 Å². The molecule has 5 heteroatoms. The summed E-state index contributed by atoms with van der Waals surface area (Å²) in [4.78, 5) is 13.2. The fourth-order valence-electron chi connectivity index (χ4n) is 1.47. The molecule has 0 saturated carbocycles. The molecule has 0 aromatic carbocycles. The predicted octanol–water partition coefficient (Wildman–Crippen LogP) is -0.920. The van der Waals surface area contributed by atoms with Gasteiger partial charge in [-0.2, -0.15) is 0 Å². The molecule has 82 valence electrons. The van der Waals surface area contributed by atoms with Gasteiger partial charge in [-0.05, 0) is 0 Å². The highest BCUT2D eigenvalue weighted by Crippen LogP contribution is 2.00. The van der Waals surface area contributed by atoms with Gasteiger partial charge in [0.15, 0.2) is 0 Å². The number of methoxy groups -OCH3 is 2. The van der Waals surface area contributed by atoms with Gasteiger partial charge in [-0.25, -0.2) is 0 Å². The van der Waals surface area contributed by atoms with Crippen LogP contribution in [0.25, 0.3) is 0 Å². The third-order valence-electron chi connectivity index (χ3n) is 2.30. The smallest absolute Gasteiger partial charge is 0.236 e. The molecule has 0 aromatic rings. The Kier molecular flexibility index (Phi) is 4.86. The Morgan fingerprint density at radius 3 is 2.93 bits per heavy atom. The Hall–Kier alpha value is -0.650. The minimum Gasteiger partial charge on any atom is -0.382 e. The minimum atomic E-state index is -0.0259. The average molecular weight is 202 g/mol. The zero-order valence-corrected chi connectivity index (χ0v) is 8.78. The van der Waals surface area contributed by atoms with E-state index in [-0.39, 0.29) is 12.0 Å². The van der Waals surface area contributed by atoms with Gasteiger partial charge in [-0.15, -0.1) is 0 Å². The molecular formula is C9H18N2O3. The van der Waals surface area contributed by atoms with Crippen LogP contribution in [0, 0.1) is 0 Å². The number of nitrogens with one attached hydrogen (secondary N) is 1. The minimum absolute atomic E-state index is 0.0259. The van der Waals surface area contributed by atoms with E-state index in [9.17, 15) is 4.79 Å². The highest BCUT2D eigenvalue weighted by atomic mass is 16.5. The largest absolute Gasteiger partial charge is 0.382 e. The maximum Gasteiger partial charge on any atom is 0.236 e. The summed E-state index contributed by atoms with van der Waals surface area (Å²) < 4.78 is 10.2. The number of nitrogens with zero attached hydrogens (tertiary/aromatic N) is 1. The summed E-state index contributed by atoms with van der Waals surface area (Å²) in [5.74, 6) is 0.134. The van der Waals surface area contributed by atoms with Crippen LogP contribution in [0.2, 0.25) is 0 Å². The number of carbonyl (C=O) groups is 1. The van der Waals surface area contributed by atoms with Gasteiger partial charge in [0, 0.05) is 33.9 Å². The maximum atomic E-state index is 11.4. The van der Waals surface area contributed by atoms with Crippen molar-refractivity contribution in [2.24, 2.45) is 0 Å². The molecule has 1 amide bonds. The monoisotopic (exact) mass is 202 g/mol. The first-order valence-corrected chi connectivity index (χ1v) is 4.78. The molecule has 0 aliphatic carbocycles. The Morgan fingerprint density at radius 2 is 2.36 bits per heavy atom. The maximum absolute atomic E-state index is 11.4. The zero-order valence-electron chi connectivity index (χ0n) is 8.78. The third kappa shape index (κ3) is 3.25. The normalized spacial score (nSPS) is 19.9. The summed E-state index contributed by atoms with van der Waals surface area (Å²) >= 11 is 0. The first kappa shape index (κ1) is 11.4. The van der Waals surface area contributed by atoms with E-state index in [0.717, 1.165) is 13.1 Å². The molecule has 1 heterocycles. The van der Waals surface area contributed by atoms with E-state index < -0.39 is 0 Å². The van der Waals surface area contributed by atoms with Gasteiger partial charge in [-0.3, -0.25) is 4.79 Å². The van der Waals surface area contributed by atoms with Crippen molar-refractivity contribution in [3.63, 3.8) is 0 Å². The number of amides is 1. The van der Waals surface area contributed by atoms with E-state index in [1.165, 1.54) is 0 Å². The molecule has 0 spiro atoms. The Balaban J connectivity index is 2.35. The van der Waals surface area contributed by atoms with Crippen LogP contribution in [-0.4, -0.2) is 63.9 Å². The summed E-state index contributed by atoms with van der Waals surface area (Å²) in [6.45, 7) is 3.18. The van der Waals surface area contributed by atoms with E-state index in [1.807, 2.05) is 4.90 Å². The van der Waals surface area contributed by atoms with Crippen molar-refractivity contribution in [1.29, 1.82) is 0 Å². The predicted molar refractivity (Wildman–Crippen MR) is 52.1 cm³/mol. The molecule has 1 atom stereocenters. The van der Waals surface area contributed by atoms with Crippen molar-refractivity contribution < 1.29 is 14.3 Å². The van der Waals surface area contributed by atoms with E-state index in [0.29, 0.717) is 19.7 Å². The summed E-state index contributed by atoms with van der Waals surface area (Å²) in [7, 11) is 3.27. The molecular weight excluding hydrogens is 184 g/mol. The highest BCUT2D eigenvalue weighted by Gasteiger charge is 2.21. The lowest BCUT2D eigenvalue weighted by Crippen LogP contribution is -2.51. The lowest BCUT2D eigenvalue weighted by molar-refractivity contribution is -0.134. The fourth-order valence-corrected chi connectivity index (χ4v) is 1.47.